The third-order valence-electron chi connectivity index (χ3n) is 4.23. The number of nitrogens with one attached hydrogen (secondary N) is 1. The van der Waals surface area contributed by atoms with Gasteiger partial charge in [0.25, 0.3) is 5.91 Å². The number of aryl methyl sites for hydroxylation is 1. The van der Waals surface area contributed by atoms with E-state index in [4.69, 9.17) is 0 Å². The molecule has 6 nitrogen and oxygen atoms in total. The van der Waals surface area contributed by atoms with E-state index in [1.807, 2.05) is 25.1 Å². The summed E-state index contributed by atoms with van der Waals surface area (Å²) in [6.45, 7) is 2.67. The van der Waals surface area contributed by atoms with Gasteiger partial charge in [-0.25, -0.2) is 8.42 Å². The second kappa shape index (κ2) is 7.23. The lowest BCUT2D eigenvalue weighted by Crippen LogP contribution is -2.38. The van der Waals surface area contributed by atoms with Gasteiger partial charge in [0, 0.05) is 18.3 Å². The number of carbonyl (C=O) groups is 1. The van der Waals surface area contributed by atoms with Crippen molar-refractivity contribution in [3.05, 3.63) is 59.4 Å². The molecule has 0 bridgehead atoms. The van der Waals surface area contributed by atoms with E-state index < -0.39 is 10.0 Å². The molecular weight excluding hydrogens is 338 g/mol. The van der Waals surface area contributed by atoms with Crippen LogP contribution < -0.4 is 9.62 Å². The Kier molecular flexibility index (Phi) is 5.03. The SMILES string of the molecule is Cc1cc(C(=O)NCc2ccccn2)ccc1N1CCCCS1(=O)=O. The van der Waals surface area contributed by atoms with Gasteiger partial charge < -0.3 is 5.32 Å². The van der Waals surface area contributed by atoms with Gasteiger partial charge in [-0.3, -0.25) is 14.1 Å². The highest BCUT2D eigenvalue weighted by molar-refractivity contribution is 7.92. The van der Waals surface area contributed by atoms with E-state index in [-0.39, 0.29) is 11.7 Å². The molecule has 132 valence electrons. The van der Waals surface area contributed by atoms with Crippen LogP contribution in [0.25, 0.3) is 0 Å². The highest BCUT2D eigenvalue weighted by Crippen LogP contribution is 2.27. The van der Waals surface area contributed by atoms with Crippen LogP contribution in [0.1, 0.15) is 34.5 Å². The van der Waals surface area contributed by atoms with E-state index >= 15 is 0 Å². The molecule has 0 radical (unpaired) electrons. The lowest BCUT2D eigenvalue weighted by atomic mass is 10.1. The van der Waals surface area contributed by atoms with Gasteiger partial charge in [0.15, 0.2) is 0 Å². The molecule has 1 aromatic heterocycles. The molecule has 2 aromatic rings. The average Bonchev–Trinajstić information content (AvgIpc) is 2.60. The molecule has 0 saturated carbocycles. The van der Waals surface area contributed by atoms with Crippen LogP contribution in [-0.4, -0.2) is 31.6 Å². The number of anilines is 1. The quantitative estimate of drug-likeness (QED) is 0.908. The number of benzene rings is 1. The number of pyridine rings is 1. The predicted molar refractivity (Wildman–Crippen MR) is 97.0 cm³/mol. The molecule has 0 unspecified atom stereocenters. The number of hydrogen-bond acceptors (Lipinski definition) is 4. The van der Waals surface area contributed by atoms with Crippen molar-refractivity contribution in [2.24, 2.45) is 0 Å². The number of amides is 1. The van der Waals surface area contributed by atoms with Crippen molar-refractivity contribution in [2.45, 2.75) is 26.3 Å². The number of nitrogens with zero attached hydrogens (tertiary/aromatic N) is 2. The summed E-state index contributed by atoms with van der Waals surface area (Å²) in [7, 11) is -3.25. The minimum absolute atomic E-state index is 0.179. The number of carbonyl (C=O) groups excluding carboxylic acids is 1. The van der Waals surface area contributed by atoms with Gasteiger partial charge in [-0.2, -0.15) is 0 Å². The molecule has 2 heterocycles. The second-order valence-corrected chi connectivity index (χ2v) is 8.11. The maximum atomic E-state index is 12.3. The van der Waals surface area contributed by atoms with Gasteiger partial charge in [0.1, 0.15) is 0 Å². The third-order valence-corrected chi connectivity index (χ3v) is 6.09. The maximum absolute atomic E-state index is 12.3. The molecule has 0 aliphatic carbocycles. The fourth-order valence-corrected chi connectivity index (χ4v) is 4.61. The Balaban J connectivity index is 1.74. The number of sulfonamides is 1. The highest BCUT2D eigenvalue weighted by atomic mass is 32.2. The number of aromatic nitrogens is 1. The first-order chi connectivity index (χ1) is 12.0. The van der Waals surface area contributed by atoms with Crippen molar-refractivity contribution in [1.82, 2.24) is 10.3 Å². The molecule has 1 fully saturated rings. The molecule has 1 N–H and O–H groups in total. The fraction of sp³-hybridized carbons (Fsp3) is 0.333. The van der Waals surface area contributed by atoms with Crippen LogP contribution in [0.5, 0.6) is 0 Å². The molecule has 1 saturated heterocycles. The van der Waals surface area contributed by atoms with Gasteiger partial charge in [-0.15, -0.1) is 0 Å². The largest absolute Gasteiger partial charge is 0.346 e. The zero-order chi connectivity index (χ0) is 17.9. The summed E-state index contributed by atoms with van der Waals surface area (Å²) in [6.07, 6.45) is 3.23. The van der Waals surface area contributed by atoms with Gasteiger partial charge in [0.05, 0.1) is 23.7 Å². The minimum atomic E-state index is -3.25. The highest BCUT2D eigenvalue weighted by Gasteiger charge is 2.27. The van der Waals surface area contributed by atoms with Crippen LogP contribution in [0.2, 0.25) is 0 Å². The topological polar surface area (TPSA) is 79.4 Å². The molecule has 1 amide bonds. The van der Waals surface area contributed by atoms with Crippen LogP contribution in [0.3, 0.4) is 0 Å². The smallest absolute Gasteiger partial charge is 0.251 e. The van der Waals surface area contributed by atoms with Gasteiger partial charge in [-0.1, -0.05) is 6.07 Å². The fourth-order valence-electron chi connectivity index (χ4n) is 2.91. The van der Waals surface area contributed by atoms with Crippen molar-refractivity contribution in [1.29, 1.82) is 0 Å². The van der Waals surface area contributed by atoms with Crippen LogP contribution >= 0.6 is 0 Å². The molecule has 0 spiro atoms. The Morgan fingerprint density at radius 2 is 2.08 bits per heavy atom. The average molecular weight is 359 g/mol. The van der Waals surface area contributed by atoms with Gasteiger partial charge in [0.2, 0.25) is 10.0 Å². The Bertz CT molecular complexity index is 866. The third kappa shape index (κ3) is 3.99. The summed E-state index contributed by atoms with van der Waals surface area (Å²) in [6, 6.07) is 10.6. The molecule has 1 aliphatic heterocycles. The van der Waals surface area contributed by atoms with Crippen LogP contribution in [-0.2, 0) is 16.6 Å². The van der Waals surface area contributed by atoms with E-state index in [1.54, 1.807) is 24.4 Å². The van der Waals surface area contributed by atoms with Crippen LogP contribution in [0.4, 0.5) is 5.69 Å². The number of hydrogen-bond donors (Lipinski definition) is 1. The van der Waals surface area contributed by atoms with Crippen molar-refractivity contribution in [2.75, 3.05) is 16.6 Å². The van der Waals surface area contributed by atoms with E-state index in [9.17, 15) is 13.2 Å². The zero-order valence-corrected chi connectivity index (χ0v) is 14.9. The van der Waals surface area contributed by atoms with Gasteiger partial charge >= 0.3 is 0 Å². The first-order valence-electron chi connectivity index (χ1n) is 8.26. The first kappa shape index (κ1) is 17.4. The van der Waals surface area contributed by atoms with E-state index in [0.717, 1.165) is 17.7 Å². The Hall–Kier alpha value is -2.41. The van der Waals surface area contributed by atoms with Crippen LogP contribution in [0, 0.1) is 6.92 Å². The zero-order valence-electron chi connectivity index (χ0n) is 14.1. The van der Waals surface area contributed by atoms with Crippen molar-refractivity contribution in [3.63, 3.8) is 0 Å². The molecule has 7 heteroatoms. The second-order valence-electron chi connectivity index (χ2n) is 6.10. The molecule has 25 heavy (non-hydrogen) atoms. The van der Waals surface area contributed by atoms with Crippen molar-refractivity contribution >= 4 is 21.6 Å². The molecule has 0 atom stereocenters. The Morgan fingerprint density at radius 1 is 1.24 bits per heavy atom. The Morgan fingerprint density at radius 3 is 2.76 bits per heavy atom. The van der Waals surface area contributed by atoms with Crippen molar-refractivity contribution in [3.8, 4) is 0 Å². The molecule has 1 aromatic carbocycles. The monoisotopic (exact) mass is 359 g/mol. The van der Waals surface area contributed by atoms with E-state index in [0.29, 0.717) is 30.8 Å². The summed E-state index contributed by atoms with van der Waals surface area (Å²) in [5.74, 6) is -0.0273. The summed E-state index contributed by atoms with van der Waals surface area (Å²) in [5, 5.41) is 2.82. The lowest BCUT2D eigenvalue weighted by molar-refractivity contribution is 0.0950. The summed E-state index contributed by atoms with van der Waals surface area (Å²) >= 11 is 0. The number of rotatable bonds is 4. The standard InChI is InChI=1S/C18H21N3O3S/c1-14-12-15(18(22)20-13-16-6-2-3-9-19-16)7-8-17(14)21-10-4-5-11-25(21,23)24/h2-3,6-9,12H,4-5,10-11,13H2,1H3,(H,20,22). The van der Waals surface area contributed by atoms with E-state index in [1.165, 1.54) is 4.31 Å². The lowest BCUT2D eigenvalue weighted by Gasteiger charge is -2.29. The Labute approximate surface area is 147 Å². The summed E-state index contributed by atoms with van der Waals surface area (Å²) < 4.78 is 26.0. The minimum Gasteiger partial charge on any atom is -0.346 e. The summed E-state index contributed by atoms with van der Waals surface area (Å²) in [4.78, 5) is 16.5. The normalized spacial score (nSPS) is 16.4. The van der Waals surface area contributed by atoms with Gasteiger partial charge in [-0.05, 0) is 55.7 Å². The molecular formula is C18H21N3O3S. The van der Waals surface area contributed by atoms with Crippen molar-refractivity contribution < 1.29 is 13.2 Å². The van der Waals surface area contributed by atoms with E-state index in [2.05, 4.69) is 10.3 Å². The maximum Gasteiger partial charge on any atom is 0.251 e. The first-order valence-corrected chi connectivity index (χ1v) is 9.87. The van der Waals surface area contributed by atoms with Crippen LogP contribution in [0.15, 0.2) is 42.6 Å². The molecule has 1 aliphatic rings. The molecule has 3 rings (SSSR count). The summed E-state index contributed by atoms with van der Waals surface area (Å²) in [5.41, 5.74) is 2.71. The predicted octanol–water partition coefficient (Wildman–Crippen LogP) is 2.25.